The zero-order valence-electron chi connectivity index (χ0n) is 20.4. The number of para-hydroxylation sites is 1. The van der Waals surface area contributed by atoms with Gasteiger partial charge in [-0.25, -0.2) is 22.1 Å². The Morgan fingerprint density at radius 2 is 1.81 bits per heavy atom. The molecule has 1 fully saturated rings. The molecule has 188 valence electrons. The summed E-state index contributed by atoms with van der Waals surface area (Å²) in [5.74, 6) is 0.475. The van der Waals surface area contributed by atoms with Gasteiger partial charge in [-0.1, -0.05) is 30.3 Å². The van der Waals surface area contributed by atoms with Crippen molar-refractivity contribution in [2.45, 2.75) is 38.8 Å². The van der Waals surface area contributed by atoms with E-state index >= 15 is 0 Å². The van der Waals surface area contributed by atoms with Gasteiger partial charge in [-0.2, -0.15) is 4.98 Å². The molecule has 5 rings (SSSR count). The normalized spacial score (nSPS) is 16.3. The van der Waals surface area contributed by atoms with Crippen molar-refractivity contribution in [3.05, 3.63) is 65.9 Å². The molecule has 0 spiro atoms. The van der Waals surface area contributed by atoms with Crippen molar-refractivity contribution in [1.29, 1.82) is 0 Å². The van der Waals surface area contributed by atoms with E-state index in [1.54, 1.807) is 0 Å². The van der Waals surface area contributed by atoms with Gasteiger partial charge in [-0.15, -0.1) is 0 Å². The van der Waals surface area contributed by atoms with Crippen LogP contribution < -0.4 is 10.1 Å². The molecular formula is C26H28FN5O3S. The van der Waals surface area contributed by atoms with Gasteiger partial charge in [0.05, 0.1) is 40.6 Å². The lowest BCUT2D eigenvalue weighted by Gasteiger charge is -2.30. The maximum absolute atomic E-state index is 14.8. The number of pyridine rings is 1. The Bertz CT molecular complexity index is 1540. The summed E-state index contributed by atoms with van der Waals surface area (Å²) in [5, 5.41) is 4.73. The average Bonchev–Trinajstić information content (AvgIpc) is 2.85. The molecule has 36 heavy (non-hydrogen) atoms. The Hall–Kier alpha value is -3.37. The number of nitrogens with one attached hydrogen (secondary N) is 1. The molecule has 0 radical (unpaired) electrons. The molecule has 8 nitrogen and oxygen atoms in total. The number of aryl methyl sites for hydroxylation is 1. The zero-order valence-corrected chi connectivity index (χ0v) is 21.2. The SMILES string of the molecule is Cc1cccc2nc([C@H](C)Nc3c(F)cnc4ccccc34)nc(OC3CCN(S(C)(=O)=O)CC3)c12. The van der Waals surface area contributed by atoms with Crippen LogP contribution in [-0.2, 0) is 10.0 Å². The predicted molar refractivity (Wildman–Crippen MR) is 138 cm³/mol. The molecule has 1 atom stereocenters. The third-order valence-corrected chi connectivity index (χ3v) is 7.84. The number of fused-ring (bicyclic) bond motifs is 2. The fourth-order valence-electron chi connectivity index (χ4n) is 4.60. The summed E-state index contributed by atoms with van der Waals surface area (Å²) < 4.78 is 46.3. The van der Waals surface area contributed by atoms with Crippen LogP contribution in [0, 0.1) is 12.7 Å². The highest BCUT2D eigenvalue weighted by atomic mass is 32.2. The van der Waals surface area contributed by atoms with Crippen LogP contribution in [0.3, 0.4) is 0 Å². The van der Waals surface area contributed by atoms with E-state index in [2.05, 4.69) is 10.3 Å². The molecule has 1 N–H and O–H groups in total. The zero-order chi connectivity index (χ0) is 25.4. The molecule has 1 aliphatic rings. The Kier molecular flexibility index (Phi) is 6.48. The molecule has 0 unspecified atom stereocenters. The molecule has 0 amide bonds. The van der Waals surface area contributed by atoms with Gasteiger partial charge in [0.2, 0.25) is 15.9 Å². The summed E-state index contributed by atoms with van der Waals surface area (Å²) in [6.07, 6.45) is 3.41. The Morgan fingerprint density at radius 1 is 1.08 bits per heavy atom. The number of ether oxygens (including phenoxy) is 1. The lowest BCUT2D eigenvalue weighted by molar-refractivity contribution is 0.131. The van der Waals surface area contributed by atoms with Gasteiger partial charge >= 0.3 is 0 Å². The van der Waals surface area contributed by atoms with Crippen molar-refractivity contribution in [2.75, 3.05) is 24.7 Å². The Labute approximate surface area is 209 Å². The number of anilines is 1. The average molecular weight is 510 g/mol. The molecule has 1 aliphatic heterocycles. The minimum Gasteiger partial charge on any atom is -0.474 e. The molecule has 2 aromatic heterocycles. The fourth-order valence-corrected chi connectivity index (χ4v) is 5.47. The van der Waals surface area contributed by atoms with E-state index in [0.717, 1.165) is 16.5 Å². The van der Waals surface area contributed by atoms with Crippen LogP contribution in [0.1, 0.15) is 37.2 Å². The van der Waals surface area contributed by atoms with Gasteiger partial charge < -0.3 is 10.1 Å². The quantitative estimate of drug-likeness (QED) is 0.406. The van der Waals surface area contributed by atoms with Gasteiger partial charge in [-0.05, 0) is 44.4 Å². The van der Waals surface area contributed by atoms with Crippen LogP contribution in [-0.4, -0.2) is 53.1 Å². The number of hydrogen-bond acceptors (Lipinski definition) is 7. The van der Waals surface area contributed by atoms with Crippen LogP contribution in [0.5, 0.6) is 5.88 Å². The lowest BCUT2D eigenvalue weighted by atomic mass is 10.1. The van der Waals surface area contributed by atoms with E-state index in [4.69, 9.17) is 14.7 Å². The highest BCUT2D eigenvalue weighted by molar-refractivity contribution is 7.88. The van der Waals surface area contributed by atoms with Gasteiger partial charge in [0.25, 0.3) is 0 Å². The van der Waals surface area contributed by atoms with Crippen LogP contribution in [0.2, 0.25) is 0 Å². The van der Waals surface area contributed by atoms with Crippen molar-refractivity contribution in [2.24, 2.45) is 0 Å². The first kappa shape index (κ1) is 24.3. The topological polar surface area (TPSA) is 97.3 Å². The van der Waals surface area contributed by atoms with Crippen LogP contribution in [0.4, 0.5) is 10.1 Å². The van der Waals surface area contributed by atoms with Crippen LogP contribution >= 0.6 is 0 Å². The summed E-state index contributed by atoms with van der Waals surface area (Å²) in [6.45, 7) is 4.67. The first-order valence-electron chi connectivity index (χ1n) is 11.9. The van der Waals surface area contributed by atoms with Crippen LogP contribution in [0.15, 0.2) is 48.7 Å². The standard InChI is InChI=1S/C26H28FN5O3S/c1-16-7-6-10-22-23(16)26(35-18-11-13-32(14-12-18)36(3,33)34)31-25(30-22)17(2)29-24-19-8-4-5-9-21(19)28-15-20(24)27/h4-10,15,17-18H,11-14H2,1-3H3,(H,28,29)/t17-/m0/s1. The number of aromatic nitrogens is 3. The predicted octanol–water partition coefficient (Wildman–Crippen LogP) is 4.60. The van der Waals surface area contributed by atoms with Gasteiger partial charge in [0, 0.05) is 18.5 Å². The fraction of sp³-hybridized carbons (Fsp3) is 0.346. The molecular weight excluding hydrogens is 481 g/mol. The summed E-state index contributed by atoms with van der Waals surface area (Å²) in [5.41, 5.74) is 2.75. The van der Waals surface area contributed by atoms with Crippen molar-refractivity contribution in [1.82, 2.24) is 19.3 Å². The second-order valence-corrected chi connectivity index (χ2v) is 11.2. The molecule has 4 aromatic rings. The minimum absolute atomic E-state index is 0.168. The van der Waals surface area contributed by atoms with Crippen molar-refractivity contribution in [3.63, 3.8) is 0 Å². The van der Waals surface area contributed by atoms with Gasteiger partial charge in [-0.3, -0.25) is 4.98 Å². The van der Waals surface area contributed by atoms with E-state index in [9.17, 15) is 12.8 Å². The molecule has 0 saturated carbocycles. The number of nitrogens with zero attached hydrogens (tertiary/aromatic N) is 4. The molecule has 1 saturated heterocycles. The van der Waals surface area contributed by atoms with E-state index in [1.807, 2.05) is 56.3 Å². The highest BCUT2D eigenvalue weighted by Crippen LogP contribution is 2.32. The summed E-state index contributed by atoms with van der Waals surface area (Å²) in [6, 6.07) is 12.7. The second kappa shape index (κ2) is 9.59. The number of hydrogen-bond donors (Lipinski definition) is 1. The largest absolute Gasteiger partial charge is 0.474 e. The number of rotatable bonds is 6. The van der Waals surface area contributed by atoms with Gasteiger partial charge in [0.1, 0.15) is 6.10 Å². The monoisotopic (exact) mass is 509 g/mol. The van der Waals surface area contributed by atoms with E-state index in [0.29, 0.717) is 54.2 Å². The van der Waals surface area contributed by atoms with Crippen molar-refractivity contribution in [3.8, 4) is 5.88 Å². The number of piperidine rings is 1. The molecule has 0 aliphatic carbocycles. The summed E-state index contributed by atoms with van der Waals surface area (Å²) >= 11 is 0. The number of sulfonamides is 1. The molecule has 3 heterocycles. The smallest absolute Gasteiger partial charge is 0.225 e. The second-order valence-electron chi connectivity index (χ2n) is 9.20. The van der Waals surface area contributed by atoms with E-state index in [1.165, 1.54) is 16.8 Å². The third-order valence-electron chi connectivity index (χ3n) is 6.54. The molecule has 2 aromatic carbocycles. The Morgan fingerprint density at radius 3 is 2.56 bits per heavy atom. The van der Waals surface area contributed by atoms with Gasteiger partial charge in [0.15, 0.2) is 11.6 Å². The maximum atomic E-state index is 14.8. The highest BCUT2D eigenvalue weighted by Gasteiger charge is 2.27. The van der Waals surface area contributed by atoms with E-state index < -0.39 is 21.9 Å². The Balaban J connectivity index is 1.47. The summed E-state index contributed by atoms with van der Waals surface area (Å²) in [7, 11) is -3.22. The maximum Gasteiger partial charge on any atom is 0.225 e. The summed E-state index contributed by atoms with van der Waals surface area (Å²) in [4.78, 5) is 13.7. The first-order valence-corrected chi connectivity index (χ1v) is 13.7. The molecule has 10 heteroatoms. The molecule has 0 bridgehead atoms. The van der Waals surface area contributed by atoms with Crippen molar-refractivity contribution < 1.29 is 17.5 Å². The third kappa shape index (κ3) is 4.83. The first-order chi connectivity index (χ1) is 17.2. The number of benzene rings is 2. The number of halogens is 1. The van der Waals surface area contributed by atoms with Crippen molar-refractivity contribution >= 4 is 37.5 Å². The van der Waals surface area contributed by atoms with Crippen LogP contribution in [0.25, 0.3) is 21.8 Å². The van der Waals surface area contributed by atoms with E-state index in [-0.39, 0.29) is 6.10 Å². The minimum atomic E-state index is -3.22. The lowest BCUT2D eigenvalue weighted by Crippen LogP contribution is -2.41.